The highest BCUT2D eigenvalue weighted by molar-refractivity contribution is 7.99. The van der Waals surface area contributed by atoms with Crippen molar-refractivity contribution in [2.45, 2.75) is 23.1 Å². The van der Waals surface area contributed by atoms with Crippen LogP contribution in [0.5, 0.6) is 0 Å². The third-order valence-corrected chi connectivity index (χ3v) is 6.31. The fourth-order valence-electron chi connectivity index (χ4n) is 3.67. The first-order valence-corrected chi connectivity index (χ1v) is 10.9. The maximum atomic E-state index is 14.3. The van der Waals surface area contributed by atoms with Crippen LogP contribution < -0.4 is 10.2 Å². The van der Waals surface area contributed by atoms with Gasteiger partial charge >= 0.3 is 0 Å². The second kappa shape index (κ2) is 8.43. The fourth-order valence-corrected chi connectivity index (χ4v) is 4.76. The number of nitrogens with one attached hydrogen (secondary N) is 1. The summed E-state index contributed by atoms with van der Waals surface area (Å²) < 4.78 is 15.6. The van der Waals surface area contributed by atoms with Gasteiger partial charge in [-0.3, -0.25) is 4.79 Å². The quantitative estimate of drug-likeness (QED) is 0.477. The molecule has 0 spiro atoms. The Labute approximate surface area is 188 Å². The molecule has 0 atom stereocenters. The van der Waals surface area contributed by atoms with Gasteiger partial charge in [-0.15, -0.1) is 5.10 Å². The first-order chi connectivity index (χ1) is 15.6. The molecule has 1 N–H and O–H groups in total. The number of rotatable bonds is 5. The smallest absolute Gasteiger partial charge is 0.226 e. The van der Waals surface area contributed by atoms with E-state index in [4.69, 9.17) is 0 Å². The molecule has 4 aromatic rings. The highest BCUT2D eigenvalue weighted by Crippen LogP contribution is 2.47. The summed E-state index contributed by atoms with van der Waals surface area (Å²) in [5.41, 5.74) is 2.84. The summed E-state index contributed by atoms with van der Waals surface area (Å²) in [4.78, 5) is 17.2. The van der Waals surface area contributed by atoms with Gasteiger partial charge in [0, 0.05) is 28.4 Å². The third kappa shape index (κ3) is 3.82. The summed E-state index contributed by atoms with van der Waals surface area (Å²) in [7, 11) is 0. The van der Waals surface area contributed by atoms with Crippen molar-refractivity contribution in [3.05, 3.63) is 78.4 Å². The number of anilines is 3. The lowest BCUT2D eigenvalue weighted by atomic mass is 10.2. The summed E-state index contributed by atoms with van der Waals surface area (Å²) >= 11 is 1.73. The first kappa shape index (κ1) is 20.2. The standard InChI is InChI=1S/C23H19FN6OS/c1-15-26-27-28-30(15)20-14-16(10-11-17(20)24)25-23(31)12-13-29-18-6-2-4-8-21(18)32-22-9-5-3-7-19(22)29/h2-11,14H,12-13H2,1H3,(H,25,31). The van der Waals surface area contributed by atoms with Crippen LogP contribution in [-0.2, 0) is 4.79 Å². The van der Waals surface area contributed by atoms with Gasteiger partial charge in [-0.2, -0.15) is 4.68 Å². The predicted molar refractivity (Wildman–Crippen MR) is 121 cm³/mol. The molecule has 1 aromatic heterocycles. The number of para-hydroxylation sites is 2. The summed E-state index contributed by atoms with van der Waals surface area (Å²) in [6.45, 7) is 2.19. The van der Waals surface area contributed by atoms with Gasteiger partial charge in [0.05, 0.1) is 11.4 Å². The zero-order chi connectivity index (χ0) is 22.1. The minimum atomic E-state index is -0.475. The zero-order valence-corrected chi connectivity index (χ0v) is 18.0. The van der Waals surface area contributed by atoms with Crippen LogP contribution in [0.15, 0.2) is 76.5 Å². The van der Waals surface area contributed by atoms with E-state index in [2.05, 4.69) is 50.0 Å². The van der Waals surface area contributed by atoms with Crippen molar-refractivity contribution >= 4 is 34.7 Å². The SMILES string of the molecule is Cc1nnnn1-c1cc(NC(=O)CCN2c3ccccc3Sc3ccccc32)ccc1F. The topological polar surface area (TPSA) is 75.9 Å². The van der Waals surface area contributed by atoms with Gasteiger partial charge in [-0.1, -0.05) is 36.0 Å². The van der Waals surface area contributed by atoms with E-state index in [1.807, 2.05) is 24.3 Å². The Morgan fingerprint density at radius 1 is 1.00 bits per heavy atom. The van der Waals surface area contributed by atoms with Crippen LogP contribution in [0.1, 0.15) is 12.2 Å². The van der Waals surface area contributed by atoms with Crippen LogP contribution in [0, 0.1) is 12.7 Å². The highest BCUT2D eigenvalue weighted by atomic mass is 32.2. The number of tetrazole rings is 1. The van der Waals surface area contributed by atoms with E-state index in [-0.39, 0.29) is 18.0 Å². The Hall–Kier alpha value is -3.72. The molecule has 0 fully saturated rings. The number of amides is 1. The Kier molecular flexibility index (Phi) is 5.32. The van der Waals surface area contributed by atoms with E-state index >= 15 is 0 Å². The molecule has 5 rings (SSSR count). The van der Waals surface area contributed by atoms with E-state index in [0.29, 0.717) is 18.1 Å². The van der Waals surface area contributed by atoms with Crippen LogP contribution in [-0.4, -0.2) is 32.7 Å². The van der Waals surface area contributed by atoms with E-state index in [1.165, 1.54) is 22.9 Å². The van der Waals surface area contributed by atoms with Crippen LogP contribution in [0.25, 0.3) is 5.69 Å². The van der Waals surface area contributed by atoms with Crippen molar-refractivity contribution in [3.63, 3.8) is 0 Å². The molecule has 1 amide bonds. The molecule has 0 unspecified atom stereocenters. The van der Waals surface area contributed by atoms with Gasteiger partial charge in [0.15, 0.2) is 5.82 Å². The zero-order valence-electron chi connectivity index (χ0n) is 17.2. The molecule has 7 nitrogen and oxygen atoms in total. The van der Waals surface area contributed by atoms with Crippen molar-refractivity contribution in [2.24, 2.45) is 0 Å². The van der Waals surface area contributed by atoms with Gasteiger partial charge < -0.3 is 10.2 Å². The summed E-state index contributed by atoms with van der Waals surface area (Å²) in [6, 6.07) is 20.7. The normalized spacial score (nSPS) is 12.2. The van der Waals surface area contributed by atoms with Crippen LogP contribution >= 0.6 is 11.8 Å². The number of nitrogens with zero attached hydrogens (tertiary/aromatic N) is 5. The van der Waals surface area contributed by atoms with E-state index in [1.54, 1.807) is 18.7 Å². The lowest BCUT2D eigenvalue weighted by Gasteiger charge is -2.32. The molecule has 0 bridgehead atoms. The molecular formula is C23H19FN6OS. The molecule has 1 aliphatic rings. The maximum Gasteiger partial charge on any atom is 0.226 e. The maximum absolute atomic E-state index is 14.3. The molecule has 160 valence electrons. The number of aromatic nitrogens is 4. The lowest BCUT2D eigenvalue weighted by Crippen LogP contribution is -2.26. The molecule has 3 aromatic carbocycles. The molecule has 0 saturated heterocycles. The Morgan fingerprint density at radius 2 is 1.69 bits per heavy atom. The number of halogens is 1. The van der Waals surface area contributed by atoms with Crippen LogP contribution in [0.3, 0.4) is 0 Å². The first-order valence-electron chi connectivity index (χ1n) is 10.1. The minimum absolute atomic E-state index is 0.163. The Bertz CT molecular complexity index is 1260. The minimum Gasteiger partial charge on any atom is -0.339 e. The van der Waals surface area contributed by atoms with E-state index < -0.39 is 5.82 Å². The molecule has 0 saturated carbocycles. The summed E-state index contributed by atoms with van der Waals surface area (Å²) in [6.07, 6.45) is 0.268. The third-order valence-electron chi connectivity index (χ3n) is 5.18. The largest absolute Gasteiger partial charge is 0.339 e. The number of carbonyl (C=O) groups is 1. The van der Waals surface area contributed by atoms with Gasteiger partial charge in [0.1, 0.15) is 11.5 Å². The number of fused-ring (bicyclic) bond motifs is 2. The second-order valence-corrected chi connectivity index (χ2v) is 8.38. The number of hydrogen-bond donors (Lipinski definition) is 1. The van der Waals surface area contributed by atoms with Gasteiger partial charge in [0.2, 0.25) is 5.91 Å². The van der Waals surface area contributed by atoms with Crippen molar-refractivity contribution in [3.8, 4) is 5.69 Å². The average molecular weight is 447 g/mol. The molecule has 0 radical (unpaired) electrons. The molecule has 32 heavy (non-hydrogen) atoms. The van der Waals surface area contributed by atoms with Gasteiger partial charge in [-0.25, -0.2) is 4.39 Å². The fraction of sp³-hybridized carbons (Fsp3) is 0.130. The molecule has 1 aliphatic heterocycles. The predicted octanol–water partition coefficient (Wildman–Crippen LogP) is 4.74. The average Bonchev–Trinajstić information content (AvgIpc) is 3.23. The number of hydrogen-bond acceptors (Lipinski definition) is 6. The molecular weight excluding hydrogens is 427 g/mol. The molecule has 0 aliphatic carbocycles. The summed E-state index contributed by atoms with van der Waals surface area (Å²) in [5, 5.41) is 14.0. The monoisotopic (exact) mass is 446 g/mol. The van der Waals surface area contributed by atoms with Gasteiger partial charge in [-0.05, 0) is 59.8 Å². The van der Waals surface area contributed by atoms with E-state index in [0.717, 1.165) is 21.2 Å². The number of benzene rings is 3. The molecule has 2 heterocycles. The van der Waals surface area contributed by atoms with Crippen molar-refractivity contribution in [2.75, 3.05) is 16.8 Å². The second-order valence-electron chi connectivity index (χ2n) is 7.29. The van der Waals surface area contributed by atoms with Crippen molar-refractivity contribution in [1.82, 2.24) is 20.2 Å². The van der Waals surface area contributed by atoms with Crippen LogP contribution in [0.2, 0.25) is 0 Å². The van der Waals surface area contributed by atoms with Gasteiger partial charge in [0.25, 0.3) is 0 Å². The Balaban J connectivity index is 1.33. The number of carbonyl (C=O) groups excluding carboxylic acids is 1. The summed E-state index contributed by atoms with van der Waals surface area (Å²) in [5.74, 6) is -0.186. The lowest BCUT2D eigenvalue weighted by molar-refractivity contribution is -0.116. The molecule has 9 heteroatoms. The van der Waals surface area contributed by atoms with Crippen molar-refractivity contribution in [1.29, 1.82) is 0 Å². The number of aryl methyl sites for hydroxylation is 1. The van der Waals surface area contributed by atoms with Crippen LogP contribution in [0.4, 0.5) is 21.5 Å². The highest BCUT2D eigenvalue weighted by Gasteiger charge is 2.23. The van der Waals surface area contributed by atoms with E-state index in [9.17, 15) is 9.18 Å². The Morgan fingerprint density at radius 3 is 2.34 bits per heavy atom. The van der Waals surface area contributed by atoms with Crippen molar-refractivity contribution < 1.29 is 9.18 Å².